The highest BCUT2D eigenvalue weighted by Crippen LogP contribution is 2.29. The lowest BCUT2D eigenvalue weighted by Crippen LogP contribution is -2.13. The van der Waals surface area contributed by atoms with Gasteiger partial charge in [0, 0.05) is 17.4 Å². The van der Waals surface area contributed by atoms with E-state index < -0.39 is 0 Å². The summed E-state index contributed by atoms with van der Waals surface area (Å²) in [6.07, 6.45) is 1.53. The number of ether oxygens (including phenoxy) is 2. The fourth-order valence-electron chi connectivity index (χ4n) is 2.41. The summed E-state index contributed by atoms with van der Waals surface area (Å²) in [4.78, 5) is 16.5. The SMILES string of the molecule is COc1ccc(NC(=O)c2ccc(Nc3ccc(F)cc3)cn2)cc1OC. The van der Waals surface area contributed by atoms with Crippen molar-refractivity contribution < 1.29 is 18.7 Å². The van der Waals surface area contributed by atoms with E-state index in [-0.39, 0.29) is 17.4 Å². The van der Waals surface area contributed by atoms with Crippen LogP contribution in [0.5, 0.6) is 11.5 Å². The Hall–Kier alpha value is -3.61. The van der Waals surface area contributed by atoms with Crippen LogP contribution in [0.2, 0.25) is 0 Å². The minimum Gasteiger partial charge on any atom is -0.493 e. The van der Waals surface area contributed by atoms with E-state index in [1.54, 1.807) is 49.6 Å². The number of methoxy groups -OCH3 is 2. The summed E-state index contributed by atoms with van der Waals surface area (Å²) < 4.78 is 23.3. The molecule has 0 spiro atoms. The molecule has 27 heavy (non-hydrogen) atoms. The number of amides is 1. The van der Waals surface area contributed by atoms with Gasteiger partial charge >= 0.3 is 0 Å². The molecule has 3 rings (SSSR count). The smallest absolute Gasteiger partial charge is 0.274 e. The summed E-state index contributed by atoms with van der Waals surface area (Å²) in [6.45, 7) is 0. The molecule has 138 valence electrons. The molecule has 0 bridgehead atoms. The molecule has 0 aliphatic heterocycles. The largest absolute Gasteiger partial charge is 0.493 e. The van der Waals surface area contributed by atoms with Gasteiger partial charge in [0.1, 0.15) is 11.5 Å². The average molecular weight is 367 g/mol. The first-order chi connectivity index (χ1) is 13.1. The van der Waals surface area contributed by atoms with E-state index in [4.69, 9.17) is 9.47 Å². The van der Waals surface area contributed by atoms with Gasteiger partial charge in [0.2, 0.25) is 0 Å². The highest BCUT2D eigenvalue weighted by Gasteiger charge is 2.10. The highest BCUT2D eigenvalue weighted by atomic mass is 19.1. The summed E-state index contributed by atoms with van der Waals surface area (Å²) in [5, 5.41) is 5.84. The molecule has 3 aromatic rings. The number of carbonyl (C=O) groups is 1. The highest BCUT2D eigenvalue weighted by molar-refractivity contribution is 6.03. The number of nitrogens with one attached hydrogen (secondary N) is 2. The van der Waals surface area contributed by atoms with Crippen LogP contribution < -0.4 is 20.1 Å². The van der Waals surface area contributed by atoms with Crippen LogP contribution in [0.15, 0.2) is 60.8 Å². The molecular formula is C20H18FN3O3. The van der Waals surface area contributed by atoms with Gasteiger partial charge in [0.15, 0.2) is 11.5 Å². The Labute approximate surface area is 156 Å². The first-order valence-corrected chi connectivity index (χ1v) is 8.11. The summed E-state index contributed by atoms with van der Waals surface area (Å²) in [6, 6.07) is 14.4. The molecule has 0 atom stereocenters. The van der Waals surface area contributed by atoms with Gasteiger partial charge < -0.3 is 20.1 Å². The molecule has 1 amide bonds. The molecule has 2 aromatic carbocycles. The molecule has 1 heterocycles. The summed E-state index contributed by atoms with van der Waals surface area (Å²) in [5.74, 6) is 0.434. The van der Waals surface area contributed by atoms with Crippen molar-refractivity contribution in [2.24, 2.45) is 0 Å². The van der Waals surface area contributed by atoms with Crippen molar-refractivity contribution in [1.29, 1.82) is 0 Å². The van der Waals surface area contributed by atoms with Gasteiger partial charge in [-0.3, -0.25) is 4.79 Å². The van der Waals surface area contributed by atoms with E-state index in [1.165, 1.54) is 25.4 Å². The second kappa shape index (κ2) is 8.18. The second-order valence-electron chi connectivity index (χ2n) is 5.59. The number of pyridine rings is 1. The number of halogens is 1. The van der Waals surface area contributed by atoms with Gasteiger partial charge in [0.05, 0.1) is 26.1 Å². The third-order valence-corrected chi connectivity index (χ3v) is 3.77. The van der Waals surface area contributed by atoms with Crippen molar-refractivity contribution in [3.63, 3.8) is 0 Å². The molecule has 0 saturated heterocycles. The number of rotatable bonds is 6. The summed E-state index contributed by atoms with van der Waals surface area (Å²) in [7, 11) is 3.07. The third-order valence-electron chi connectivity index (χ3n) is 3.77. The Morgan fingerprint density at radius 3 is 2.19 bits per heavy atom. The number of hydrogen-bond donors (Lipinski definition) is 2. The molecule has 0 radical (unpaired) electrons. The van der Waals surface area contributed by atoms with Crippen LogP contribution in [0, 0.1) is 5.82 Å². The molecular weight excluding hydrogens is 349 g/mol. The van der Waals surface area contributed by atoms with Crippen LogP contribution >= 0.6 is 0 Å². The maximum absolute atomic E-state index is 12.9. The van der Waals surface area contributed by atoms with E-state index in [0.29, 0.717) is 22.9 Å². The van der Waals surface area contributed by atoms with Crippen LogP contribution in [-0.2, 0) is 0 Å². The molecule has 0 aliphatic rings. The molecule has 0 saturated carbocycles. The van der Waals surface area contributed by atoms with E-state index in [1.807, 2.05) is 0 Å². The zero-order valence-corrected chi connectivity index (χ0v) is 14.8. The average Bonchev–Trinajstić information content (AvgIpc) is 2.70. The van der Waals surface area contributed by atoms with E-state index in [0.717, 1.165) is 5.69 Å². The third kappa shape index (κ3) is 4.52. The zero-order valence-electron chi connectivity index (χ0n) is 14.8. The Morgan fingerprint density at radius 1 is 0.889 bits per heavy atom. The van der Waals surface area contributed by atoms with Gasteiger partial charge in [-0.15, -0.1) is 0 Å². The van der Waals surface area contributed by atoms with Crippen LogP contribution in [0.4, 0.5) is 21.5 Å². The van der Waals surface area contributed by atoms with Gasteiger partial charge in [-0.05, 0) is 48.5 Å². The first kappa shape index (κ1) is 18.2. The Kier molecular flexibility index (Phi) is 5.51. The Morgan fingerprint density at radius 2 is 1.56 bits per heavy atom. The van der Waals surface area contributed by atoms with Crippen LogP contribution in [0.1, 0.15) is 10.5 Å². The van der Waals surface area contributed by atoms with Gasteiger partial charge in [-0.25, -0.2) is 9.37 Å². The minimum absolute atomic E-state index is 0.259. The first-order valence-electron chi connectivity index (χ1n) is 8.11. The molecule has 0 aliphatic carbocycles. The van der Waals surface area contributed by atoms with E-state index >= 15 is 0 Å². The van der Waals surface area contributed by atoms with E-state index in [9.17, 15) is 9.18 Å². The fourth-order valence-corrected chi connectivity index (χ4v) is 2.41. The number of nitrogens with zero attached hydrogens (tertiary/aromatic N) is 1. The Balaban J connectivity index is 1.67. The van der Waals surface area contributed by atoms with Gasteiger partial charge in [-0.2, -0.15) is 0 Å². The van der Waals surface area contributed by atoms with Crippen LogP contribution in [-0.4, -0.2) is 25.1 Å². The predicted molar refractivity (Wildman–Crippen MR) is 101 cm³/mol. The number of carbonyl (C=O) groups excluding carboxylic acids is 1. The molecule has 0 unspecified atom stereocenters. The van der Waals surface area contributed by atoms with Crippen molar-refractivity contribution in [2.45, 2.75) is 0 Å². The van der Waals surface area contributed by atoms with Gasteiger partial charge in [0.25, 0.3) is 5.91 Å². The Bertz CT molecular complexity index is 928. The molecule has 7 heteroatoms. The summed E-state index contributed by atoms with van der Waals surface area (Å²) >= 11 is 0. The van der Waals surface area contributed by atoms with E-state index in [2.05, 4.69) is 15.6 Å². The van der Waals surface area contributed by atoms with Crippen LogP contribution in [0.25, 0.3) is 0 Å². The topological polar surface area (TPSA) is 72.5 Å². The molecule has 2 N–H and O–H groups in total. The van der Waals surface area contributed by atoms with Crippen LogP contribution in [0.3, 0.4) is 0 Å². The molecule has 1 aromatic heterocycles. The fraction of sp³-hybridized carbons (Fsp3) is 0.100. The monoisotopic (exact) mass is 367 g/mol. The van der Waals surface area contributed by atoms with Crippen molar-refractivity contribution >= 4 is 23.0 Å². The normalized spacial score (nSPS) is 10.2. The molecule has 0 fully saturated rings. The number of aromatic nitrogens is 1. The maximum Gasteiger partial charge on any atom is 0.274 e. The zero-order chi connectivity index (χ0) is 19.2. The second-order valence-corrected chi connectivity index (χ2v) is 5.59. The van der Waals surface area contributed by atoms with Crippen molar-refractivity contribution in [1.82, 2.24) is 4.98 Å². The molecule has 6 nitrogen and oxygen atoms in total. The number of anilines is 3. The van der Waals surface area contributed by atoms with Crippen molar-refractivity contribution in [3.05, 3.63) is 72.3 Å². The predicted octanol–water partition coefficient (Wildman–Crippen LogP) is 4.23. The minimum atomic E-state index is -0.351. The lowest BCUT2D eigenvalue weighted by molar-refractivity contribution is 0.102. The van der Waals surface area contributed by atoms with Gasteiger partial charge in [-0.1, -0.05) is 0 Å². The van der Waals surface area contributed by atoms with Crippen molar-refractivity contribution in [3.8, 4) is 11.5 Å². The quantitative estimate of drug-likeness (QED) is 0.682. The lowest BCUT2D eigenvalue weighted by Gasteiger charge is -2.11. The lowest BCUT2D eigenvalue weighted by atomic mass is 10.2. The standard InChI is InChI=1S/C20H18FN3O3/c1-26-18-10-8-15(11-19(18)27-2)24-20(25)17-9-7-16(12-22-17)23-14-5-3-13(21)4-6-14/h3-12,23H,1-2H3,(H,24,25). The maximum atomic E-state index is 12.9. The van der Waals surface area contributed by atoms with Crippen molar-refractivity contribution in [2.75, 3.05) is 24.9 Å². The summed E-state index contributed by atoms with van der Waals surface area (Å²) in [5.41, 5.74) is 2.23. The number of benzene rings is 2. The number of hydrogen-bond acceptors (Lipinski definition) is 5.